The predicted molar refractivity (Wildman–Crippen MR) is 165 cm³/mol. The van der Waals surface area contributed by atoms with Gasteiger partial charge in [-0.2, -0.15) is 0 Å². The summed E-state index contributed by atoms with van der Waals surface area (Å²) in [5.41, 5.74) is 7.98. The van der Waals surface area contributed by atoms with Crippen molar-refractivity contribution in [3.05, 3.63) is 106 Å². The van der Waals surface area contributed by atoms with E-state index in [1.54, 1.807) is 0 Å². The molecule has 40 heavy (non-hydrogen) atoms. The molecule has 0 saturated heterocycles. The molecular weight excluding hydrogens is 537 g/mol. The van der Waals surface area contributed by atoms with Crippen LogP contribution in [-0.4, -0.2) is 25.2 Å². The normalized spacial score (nSPS) is 10.9. The third-order valence-electron chi connectivity index (χ3n) is 6.56. The molecule has 0 saturated carbocycles. The van der Waals surface area contributed by atoms with Crippen molar-refractivity contribution in [3.8, 4) is 43.1 Å². The molecule has 6 heteroatoms. The highest BCUT2D eigenvalue weighted by atomic mass is 32.1. The minimum Gasteiger partial charge on any atom is -0.462 e. The van der Waals surface area contributed by atoms with Crippen molar-refractivity contribution in [1.82, 2.24) is 0 Å². The number of hydrogen-bond acceptors (Lipinski definition) is 6. The Morgan fingerprint density at radius 2 is 0.875 bits per heavy atom. The molecule has 0 atom stereocenters. The lowest BCUT2D eigenvalue weighted by Gasteiger charge is -2.07. The Morgan fingerprint density at radius 3 is 1.20 bits per heavy atom. The van der Waals surface area contributed by atoms with Crippen LogP contribution in [0.4, 0.5) is 0 Å². The van der Waals surface area contributed by atoms with Gasteiger partial charge in [0.05, 0.1) is 13.2 Å². The fourth-order valence-electron chi connectivity index (χ4n) is 4.46. The molecule has 3 aromatic carbocycles. The molecule has 0 amide bonds. The number of rotatable bonds is 8. The minimum absolute atomic E-state index is 0.313. The molecule has 4 nitrogen and oxygen atoms in total. The largest absolute Gasteiger partial charge is 0.462 e. The average molecular weight is 567 g/mol. The van der Waals surface area contributed by atoms with E-state index in [0.29, 0.717) is 23.0 Å². The predicted octanol–water partition coefficient (Wildman–Crippen LogP) is 9.45. The Morgan fingerprint density at radius 1 is 0.550 bits per heavy atom. The van der Waals surface area contributed by atoms with E-state index in [-0.39, 0.29) is 11.9 Å². The Balaban J connectivity index is 1.54. The van der Waals surface area contributed by atoms with Crippen LogP contribution < -0.4 is 0 Å². The first kappa shape index (κ1) is 27.6. The van der Waals surface area contributed by atoms with Gasteiger partial charge in [0, 0.05) is 20.9 Å². The van der Waals surface area contributed by atoms with Crippen molar-refractivity contribution >= 4 is 34.6 Å². The number of ether oxygens (including phenoxy) is 2. The third-order valence-corrected chi connectivity index (χ3v) is 8.89. The third kappa shape index (κ3) is 5.79. The van der Waals surface area contributed by atoms with Gasteiger partial charge < -0.3 is 9.47 Å². The van der Waals surface area contributed by atoms with E-state index in [4.69, 9.17) is 9.47 Å². The number of esters is 2. The molecule has 5 rings (SSSR count). The van der Waals surface area contributed by atoms with E-state index in [1.165, 1.54) is 33.8 Å². The van der Waals surface area contributed by atoms with Crippen LogP contribution in [0.5, 0.6) is 0 Å². The fourth-order valence-corrected chi connectivity index (χ4v) is 6.62. The minimum atomic E-state index is -0.324. The highest BCUT2D eigenvalue weighted by Crippen LogP contribution is 2.41. The fraction of sp³-hybridized carbons (Fsp3) is 0.176. The number of carbonyl (C=O) groups excluding carboxylic acids is 2. The van der Waals surface area contributed by atoms with Gasteiger partial charge in [-0.05, 0) is 62.1 Å². The molecule has 2 aromatic heterocycles. The topological polar surface area (TPSA) is 52.6 Å². The molecule has 0 N–H and O–H groups in total. The Labute approximate surface area is 242 Å². The summed E-state index contributed by atoms with van der Waals surface area (Å²) in [5.74, 6) is -0.648. The van der Waals surface area contributed by atoms with E-state index in [1.807, 2.05) is 38.1 Å². The van der Waals surface area contributed by atoms with E-state index >= 15 is 0 Å². The summed E-state index contributed by atoms with van der Waals surface area (Å²) in [6.07, 6.45) is 0. The van der Waals surface area contributed by atoms with Gasteiger partial charge in [0.25, 0.3) is 0 Å². The maximum Gasteiger partial charge on any atom is 0.348 e. The molecule has 0 spiro atoms. The summed E-state index contributed by atoms with van der Waals surface area (Å²) >= 11 is 2.88. The number of carbonyl (C=O) groups is 2. The second-order valence-corrected chi connectivity index (χ2v) is 11.6. The standard InChI is InChI=1S/C34H30O4S2/c1-5-37-33(35)31-27(19-29(39-31)25-11-7-21(3)8-12-25)23-15-17-24(18-16-23)28-20-30(26-13-9-22(4)10-14-26)40-32(28)34(36)38-6-2/h7-20H,5-6H2,1-4H3. The maximum absolute atomic E-state index is 12.9. The van der Waals surface area contributed by atoms with E-state index in [9.17, 15) is 9.59 Å². The van der Waals surface area contributed by atoms with Crippen molar-refractivity contribution in [1.29, 1.82) is 0 Å². The SMILES string of the molecule is CCOC(=O)c1sc(-c2ccc(C)cc2)cc1-c1ccc(-c2cc(-c3ccc(C)cc3)sc2C(=O)OCC)cc1. The average Bonchev–Trinajstić information content (AvgIpc) is 3.60. The molecule has 0 fully saturated rings. The Hall–Kier alpha value is -4.00. The van der Waals surface area contributed by atoms with Gasteiger partial charge in [0.2, 0.25) is 0 Å². The van der Waals surface area contributed by atoms with Gasteiger partial charge in [-0.3, -0.25) is 0 Å². The van der Waals surface area contributed by atoms with Gasteiger partial charge in [-0.25, -0.2) is 9.59 Å². The Bertz CT molecular complexity index is 1520. The molecular formula is C34H30O4S2. The van der Waals surface area contributed by atoms with Crippen LogP contribution in [0.15, 0.2) is 84.9 Å². The van der Waals surface area contributed by atoms with E-state index < -0.39 is 0 Å². The summed E-state index contributed by atoms with van der Waals surface area (Å²) in [5, 5.41) is 0. The monoisotopic (exact) mass is 566 g/mol. The molecule has 0 aliphatic rings. The van der Waals surface area contributed by atoms with Crippen LogP contribution >= 0.6 is 22.7 Å². The van der Waals surface area contributed by atoms with Gasteiger partial charge in [0.1, 0.15) is 9.75 Å². The lowest BCUT2D eigenvalue weighted by Crippen LogP contribution is -2.04. The molecule has 0 unspecified atom stereocenters. The zero-order chi connectivity index (χ0) is 28.2. The Kier molecular flexibility index (Phi) is 8.29. The van der Waals surface area contributed by atoms with Crippen LogP contribution in [0.2, 0.25) is 0 Å². The van der Waals surface area contributed by atoms with Crippen LogP contribution in [0, 0.1) is 13.8 Å². The lowest BCUT2D eigenvalue weighted by molar-refractivity contribution is 0.0523. The zero-order valence-corrected chi connectivity index (χ0v) is 24.6. The van der Waals surface area contributed by atoms with Gasteiger partial charge in [-0.1, -0.05) is 83.9 Å². The molecule has 0 aliphatic carbocycles. The smallest absolute Gasteiger partial charge is 0.348 e. The second kappa shape index (κ2) is 12.0. The van der Waals surface area contributed by atoms with Crippen molar-refractivity contribution in [2.75, 3.05) is 13.2 Å². The highest BCUT2D eigenvalue weighted by molar-refractivity contribution is 7.18. The highest BCUT2D eigenvalue weighted by Gasteiger charge is 2.22. The molecule has 202 valence electrons. The molecule has 0 aliphatic heterocycles. The first-order chi connectivity index (χ1) is 19.4. The van der Waals surface area contributed by atoms with Crippen molar-refractivity contribution in [2.24, 2.45) is 0 Å². The van der Waals surface area contributed by atoms with Gasteiger partial charge in [0.15, 0.2) is 0 Å². The number of hydrogen-bond donors (Lipinski definition) is 0. The number of aryl methyl sites for hydroxylation is 2. The van der Waals surface area contributed by atoms with Crippen LogP contribution in [0.3, 0.4) is 0 Å². The number of thiophene rings is 2. The molecule has 0 bridgehead atoms. The van der Waals surface area contributed by atoms with Crippen molar-refractivity contribution in [2.45, 2.75) is 27.7 Å². The van der Waals surface area contributed by atoms with E-state index in [0.717, 1.165) is 43.1 Å². The van der Waals surface area contributed by atoms with Gasteiger partial charge in [-0.15, -0.1) is 22.7 Å². The maximum atomic E-state index is 12.9. The summed E-state index contributed by atoms with van der Waals surface area (Å²) in [6, 6.07) is 28.7. The van der Waals surface area contributed by atoms with Crippen LogP contribution in [-0.2, 0) is 9.47 Å². The summed E-state index contributed by atoms with van der Waals surface area (Å²) in [6.45, 7) is 8.36. The van der Waals surface area contributed by atoms with Crippen molar-refractivity contribution < 1.29 is 19.1 Å². The second-order valence-electron chi connectivity index (χ2n) is 9.46. The molecule has 2 heterocycles. The van der Waals surface area contributed by atoms with Crippen molar-refractivity contribution in [3.63, 3.8) is 0 Å². The molecule has 0 radical (unpaired) electrons. The van der Waals surface area contributed by atoms with Crippen LogP contribution in [0.1, 0.15) is 44.3 Å². The first-order valence-electron chi connectivity index (χ1n) is 13.2. The summed E-state index contributed by atoms with van der Waals surface area (Å²) in [4.78, 5) is 29.0. The molecule has 5 aromatic rings. The van der Waals surface area contributed by atoms with Crippen LogP contribution in [0.25, 0.3) is 43.1 Å². The number of benzene rings is 3. The van der Waals surface area contributed by atoms with E-state index in [2.05, 4.69) is 74.5 Å². The zero-order valence-electron chi connectivity index (χ0n) is 22.9. The lowest BCUT2D eigenvalue weighted by atomic mass is 9.99. The first-order valence-corrected chi connectivity index (χ1v) is 14.9. The van der Waals surface area contributed by atoms with Gasteiger partial charge >= 0.3 is 11.9 Å². The summed E-state index contributed by atoms with van der Waals surface area (Å²) < 4.78 is 10.8. The summed E-state index contributed by atoms with van der Waals surface area (Å²) in [7, 11) is 0. The quantitative estimate of drug-likeness (QED) is 0.176.